The minimum Gasteiger partial charge on any atom is -0.481 e. The van der Waals surface area contributed by atoms with Crippen molar-refractivity contribution in [2.45, 2.75) is 44.3 Å². The lowest BCUT2D eigenvalue weighted by molar-refractivity contribution is -0.170. The highest BCUT2D eigenvalue weighted by molar-refractivity contribution is 6.01. The largest absolute Gasteiger partial charge is 0.481 e. The summed E-state index contributed by atoms with van der Waals surface area (Å²) in [5.74, 6) is -5.64. The van der Waals surface area contributed by atoms with E-state index in [1.807, 2.05) is 0 Å². The van der Waals surface area contributed by atoms with Crippen LogP contribution in [-0.2, 0) is 14.4 Å². The van der Waals surface area contributed by atoms with E-state index in [1.54, 1.807) is 0 Å². The molecule has 0 aliphatic heterocycles. The van der Waals surface area contributed by atoms with E-state index in [1.165, 1.54) is 13.0 Å². The van der Waals surface area contributed by atoms with Crippen molar-refractivity contribution in [3.63, 3.8) is 0 Å². The van der Waals surface area contributed by atoms with E-state index in [9.17, 15) is 34.8 Å². The molecule has 1 spiro atoms. The van der Waals surface area contributed by atoms with Gasteiger partial charge in [0.25, 0.3) is 0 Å². The fraction of sp³-hybridized carbons (Fsp3) is 0.632. The Kier molecular flexibility index (Phi) is 3.24. The molecule has 4 rings (SSSR count). The highest BCUT2D eigenvalue weighted by atomic mass is 16.4. The summed E-state index contributed by atoms with van der Waals surface area (Å²) in [6.07, 6.45) is 0.847. The average Bonchev–Trinajstić information content (AvgIpc) is 2.92. The third-order valence-electron chi connectivity index (χ3n) is 7.60. The second kappa shape index (κ2) is 4.84. The Bertz CT molecular complexity index is 798. The second-order valence-corrected chi connectivity index (χ2v) is 8.64. The van der Waals surface area contributed by atoms with Crippen LogP contribution in [0, 0.1) is 28.6 Å². The maximum atomic E-state index is 12.3. The standard InChI is InChI=1S/C19H22O7/c1-8-6-18-7-19(8,26)4-3-10(18)9-5-11(20)14(21)17(2,16(24)25)12(9)13(18)15(22)23/h5,10,12-14,21,26H,1,3-4,6-7H2,2H3,(H,22,23)(H,24,25). The number of fused-ring (bicyclic) bond motifs is 3. The van der Waals surface area contributed by atoms with E-state index < -0.39 is 52.1 Å². The average molecular weight is 362 g/mol. The van der Waals surface area contributed by atoms with Gasteiger partial charge in [0.05, 0.1) is 11.5 Å². The van der Waals surface area contributed by atoms with E-state index in [2.05, 4.69) is 6.58 Å². The molecule has 4 aliphatic rings. The molecule has 140 valence electrons. The number of aliphatic carboxylic acids is 2. The van der Waals surface area contributed by atoms with Gasteiger partial charge in [-0.15, -0.1) is 0 Å². The molecule has 0 aromatic heterocycles. The Morgan fingerprint density at radius 1 is 1.31 bits per heavy atom. The SMILES string of the molecule is C=C1CC23CC1(O)CCC2C1=CC(=O)C(O)C(C)(C(=O)O)C1C3C(=O)O. The number of rotatable bonds is 2. The van der Waals surface area contributed by atoms with Crippen molar-refractivity contribution in [3.05, 3.63) is 23.8 Å². The quantitative estimate of drug-likeness (QED) is 0.533. The van der Waals surface area contributed by atoms with Gasteiger partial charge in [-0.2, -0.15) is 0 Å². The molecule has 0 heterocycles. The fourth-order valence-electron chi connectivity index (χ4n) is 6.38. The third-order valence-corrected chi connectivity index (χ3v) is 7.60. The van der Waals surface area contributed by atoms with Gasteiger partial charge >= 0.3 is 11.9 Å². The highest BCUT2D eigenvalue weighted by Crippen LogP contribution is 2.73. The Balaban J connectivity index is 1.98. The molecule has 0 aromatic carbocycles. The van der Waals surface area contributed by atoms with Crippen LogP contribution in [0.2, 0.25) is 0 Å². The van der Waals surface area contributed by atoms with Crippen molar-refractivity contribution in [3.8, 4) is 0 Å². The molecular weight excluding hydrogens is 340 g/mol. The maximum absolute atomic E-state index is 12.3. The molecule has 4 N–H and O–H groups in total. The molecule has 7 unspecified atom stereocenters. The lowest BCUT2D eigenvalue weighted by Crippen LogP contribution is -2.55. The van der Waals surface area contributed by atoms with E-state index in [4.69, 9.17) is 0 Å². The van der Waals surface area contributed by atoms with Crippen molar-refractivity contribution in [1.82, 2.24) is 0 Å². The molecule has 0 aromatic rings. The summed E-state index contributed by atoms with van der Waals surface area (Å²) in [6.45, 7) is 5.20. The number of carboxylic acids is 2. The summed E-state index contributed by atoms with van der Waals surface area (Å²) in [7, 11) is 0. The first kappa shape index (κ1) is 17.4. The summed E-state index contributed by atoms with van der Waals surface area (Å²) >= 11 is 0. The van der Waals surface area contributed by atoms with E-state index in [-0.39, 0.29) is 12.3 Å². The van der Waals surface area contributed by atoms with E-state index in [0.29, 0.717) is 30.4 Å². The normalized spacial score (nSPS) is 49.4. The lowest BCUT2D eigenvalue weighted by Gasteiger charge is -2.42. The second-order valence-electron chi connectivity index (χ2n) is 8.64. The van der Waals surface area contributed by atoms with Crippen LogP contribution < -0.4 is 0 Å². The molecule has 4 aliphatic carbocycles. The van der Waals surface area contributed by atoms with Crippen LogP contribution in [-0.4, -0.2) is 49.9 Å². The topological polar surface area (TPSA) is 132 Å². The third kappa shape index (κ3) is 1.73. The van der Waals surface area contributed by atoms with Gasteiger partial charge in [-0.25, -0.2) is 0 Å². The number of aliphatic hydroxyl groups is 2. The van der Waals surface area contributed by atoms with Crippen LogP contribution >= 0.6 is 0 Å². The lowest BCUT2D eigenvalue weighted by atomic mass is 9.60. The van der Waals surface area contributed by atoms with Crippen LogP contribution in [0.4, 0.5) is 0 Å². The molecule has 26 heavy (non-hydrogen) atoms. The van der Waals surface area contributed by atoms with Gasteiger partial charge in [0.15, 0.2) is 5.78 Å². The van der Waals surface area contributed by atoms with Crippen molar-refractivity contribution >= 4 is 17.7 Å². The predicted molar refractivity (Wildman–Crippen MR) is 87.9 cm³/mol. The number of carbonyl (C=O) groups excluding carboxylic acids is 1. The van der Waals surface area contributed by atoms with Gasteiger partial charge in [-0.3, -0.25) is 14.4 Å². The van der Waals surface area contributed by atoms with Crippen LogP contribution in [0.15, 0.2) is 23.8 Å². The number of aliphatic hydroxyl groups excluding tert-OH is 1. The molecule has 3 fully saturated rings. The van der Waals surface area contributed by atoms with Gasteiger partial charge in [0.1, 0.15) is 11.5 Å². The molecular formula is C19H22O7. The van der Waals surface area contributed by atoms with Crippen LogP contribution in [0.25, 0.3) is 0 Å². The van der Waals surface area contributed by atoms with Crippen molar-refractivity contribution < 1.29 is 34.8 Å². The number of hydrogen-bond donors (Lipinski definition) is 4. The van der Waals surface area contributed by atoms with Crippen molar-refractivity contribution in [1.29, 1.82) is 0 Å². The van der Waals surface area contributed by atoms with Crippen molar-refractivity contribution in [2.75, 3.05) is 0 Å². The molecule has 7 heteroatoms. The van der Waals surface area contributed by atoms with Gasteiger partial charge in [-0.05, 0) is 55.6 Å². The molecule has 2 bridgehead atoms. The molecule has 0 amide bonds. The monoisotopic (exact) mass is 362 g/mol. The van der Waals surface area contributed by atoms with Gasteiger partial charge in [0.2, 0.25) is 0 Å². The fourth-order valence-corrected chi connectivity index (χ4v) is 6.38. The Hall–Kier alpha value is -1.99. The zero-order valence-electron chi connectivity index (χ0n) is 14.4. The van der Waals surface area contributed by atoms with Crippen LogP contribution in [0.5, 0.6) is 0 Å². The first-order valence-corrected chi connectivity index (χ1v) is 8.79. The number of ketones is 1. The predicted octanol–water partition coefficient (Wildman–Crippen LogP) is 0.755. The first-order valence-electron chi connectivity index (χ1n) is 8.79. The molecule has 0 saturated heterocycles. The van der Waals surface area contributed by atoms with Crippen LogP contribution in [0.3, 0.4) is 0 Å². The minimum atomic E-state index is -1.92. The molecule has 3 saturated carbocycles. The Morgan fingerprint density at radius 2 is 1.96 bits per heavy atom. The van der Waals surface area contributed by atoms with E-state index >= 15 is 0 Å². The minimum absolute atomic E-state index is 0.203. The highest BCUT2D eigenvalue weighted by Gasteiger charge is 2.73. The van der Waals surface area contributed by atoms with E-state index in [0.717, 1.165) is 0 Å². The number of carboxylic acid groups (broad SMARTS) is 2. The first-order chi connectivity index (χ1) is 12.0. The number of hydrogen-bond acceptors (Lipinski definition) is 5. The molecule has 0 radical (unpaired) electrons. The summed E-state index contributed by atoms with van der Waals surface area (Å²) in [6, 6.07) is 0. The molecule has 7 nitrogen and oxygen atoms in total. The zero-order valence-corrected chi connectivity index (χ0v) is 14.4. The summed E-state index contributed by atoms with van der Waals surface area (Å²) in [5, 5.41) is 41.1. The number of allylic oxidation sites excluding steroid dienone is 1. The van der Waals surface area contributed by atoms with Gasteiger partial charge in [-0.1, -0.05) is 12.2 Å². The smallest absolute Gasteiger partial charge is 0.313 e. The van der Waals surface area contributed by atoms with Gasteiger partial charge < -0.3 is 20.4 Å². The summed E-state index contributed by atoms with van der Waals surface area (Å²) < 4.78 is 0. The Labute approximate surface area is 150 Å². The van der Waals surface area contributed by atoms with Crippen LogP contribution in [0.1, 0.15) is 32.6 Å². The summed E-state index contributed by atoms with van der Waals surface area (Å²) in [4.78, 5) is 36.7. The Morgan fingerprint density at radius 3 is 2.54 bits per heavy atom. The zero-order chi connectivity index (χ0) is 19.2. The maximum Gasteiger partial charge on any atom is 0.313 e. The summed E-state index contributed by atoms with van der Waals surface area (Å²) in [5.41, 5.74) is -2.84. The number of carbonyl (C=O) groups is 3. The van der Waals surface area contributed by atoms with Crippen molar-refractivity contribution in [2.24, 2.45) is 28.6 Å². The molecule has 7 atom stereocenters. The van der Waals surface area contributed by atoms with Gasteiger partial charge in [0, 0.05) is 5.92 Å².